The molecule has 2 unspecified atom stereocenters. The van der Waals surface area contributed by atoms with Crippen molar-refractivity contribution in [1.29, 1.82) is 5.26 Å². The molecule has 1 N–H and O–H groups in total. The van der Waals surface area contributed by atoms with Crippen molar-refractivity contribution < 1.29 is 14.3 Å². The van der Waals surface area contributed by atoms with Crippen LogP contribution >= 0.6 is 0 Å². The number of anilines is 3. The third-order valence-corrected chi connectivity index (χ3v) is 9.32. The first-order chi connectivity index (χ1) is 20.6. The maximum atomic E-state index is 12.6. The minimum atomic E-state index is -0.475. The summed E-state index contributed by atoms with van der Waals surface area (Å²) in [4.78, 5) is 42.1. The molecule has 1 saturated carbocycles. The normalized spacial score (nSPS) is 25.6. The predicted octanol–water partition coefficient (Wildman–Crippen LogP) is 4.79. The monoisotopic (exact) mass is 586 g/mol. The number of urea groups is 1. The highest BCUT2D eigenvalue weighted by atomic mass is 16.6. The molecular weight excluding hydrogens is 544 g/mol. The topological polar surface area (TPSA) is 118 Å². The molecule has 228 valence electrons. The Hall–Kier alpha value is -4.07. The Morgan fingerprint density at radius 1 is 1.07 bits per heavy atom. The SMILES string of the molecule is CN1CCN([C@@H]2CCCN(c3cnc(C#N)c(Nc4ccc(C5CC6CN(C(=O)OC(C)(C)C)C[C@H]6C5)cc4)n3)C2)C1=O. The van der Waals surface area contributed by atoms with Crippen molar-refractivity contribution in [3.63, 3.8) is 0 Å². The fraction of sp³-hybridized carbons (Fsp3) is 0.594. The Bertz CT molecular complexity index is 1390. The largest absolute Gasteiger partial charge is 0.444 e. The van der Waals surface area contributed by atoms with Crippen molar-refractivity contribution in [3.8, 4) is 6.07 Å². The van der Waals surface area contributed by atoms with Gasteiger partial charge in [-0.25, -0.2) is 19.6 Å². The van der Waals surface area contributed by atoms with Crippen LogP contribution in [-0.2, 0) is 4.74 Å². The lowest BCUT2D eigenvalue weighted by Gasteiger charge is -2.37. The van der Waals surface area contributed by atoms with Crippen LogP contribution in [0.4, 0.5) is 26.9 Å². The molecule has 4 atom stereocenters. The number of nitrogens with one attached hydrogen (secondary N) is 1. The van der Waals surface area contributed by atoms with Crippen LogP contribution in [-0.4, -0.2) is 94.8 Å². The molecule has 3 amide bonds. The Morgan fingerprint density at radius 2 is 1.79 bits per heavy atom. The molecule has 2 aromatic rings. The van der Waals surface area contributed by atoms with E-state index in [4.69, 9.17) is 9.72 Å². The van der Waals surface area contributed by atoms with E-state index in [9.17, 15) is 14.9 Å². The Morgan fingerprint density at radius 3 is 2.42 bits per heavy atom. The molecule has 1 aromatic heterocycles. The van der Waals surface area contributed by atoms with E-state index in [0.29, 0.717) is 35.9 Å². The molecule has 4 heterocycles. The number of amides is 3. The summed E-state index contributed by atoms with van der Waals surface area (Å²) in [5.41, 5.74) is 1.92. The summed E-state index contributed by atoms with van der Waals surface area (Å²) in [6.07, 6.45) is 5.53. The first-order valence-corrected chi connectivity index (χ1v) is 15.5. The number of fused-ring (bicyclic) bond motifs is 1. The highest BCUT2D eigenvalue weighted by Gasteiger charge is 2.43. The molecule has 0 spiro atoms. The molecular formula is C32H42N8O3. The summed E-state index contributed by atoms with van der Waals surface area (Å²) in [7, 11) is 1.85. The minimum absolute atomic E-state index is 0.0900. The highest BCUT2D eigenvalue weighted by molar-refractivity contribution is 5.76. The molecule has 1 aliphatic carbocycles. The summed E-state index contributed by atoms with van der Waals surface area (Å²) in [6.45, 7) is 10.3. The van der Waals surface area contributed by atoms with Gasteiger partial charge < -0.3 is 29.7 Å². The number of aromatic nitrogens is 2. The van der Waals surface area contributed by atoms with Gasteiger partial charge in [0, 0.05) is 52.0 Å². The first-order valence-electron chi connectivity index (χ1n) is 15.5. The van der Waals surface area contributed by atoms with Crippen molar-refractivity contribution in [2.75, 3.05) is 56.5 Å². The molecule has 4 aliphatic rings. The number of benzene rings is 1. The number of carbonyl (C=O) groups is 2. The lowest BCUT2D eigenvalue weighted by atomic mass is 9.95. The van der Waals surface area contributed by atoms with Gasteiger partial charge in [-0.1, -0.05) is 12.1 Å². The molecule has 3 aliphatic heterocycles. The zero-order valence-electron chi connectivity index (χ0n) is 25.6. The van der Waals surface area contributed by atoms with Crippen LogP contribution in [0.15, 0.2) is 30.5 Å². The summed E-state index contributed by atoms with van der Waals surface area (Å²) in [5, 5.41) is 13.0. The van der Waals surface area contributed by atoms with Gasteiger partial charge in [0.1, 0.15) is 17.5 Å². The molecule has 4 fully saturated rings. The third kappa shape index (κ3) is 6.19. The molecule has 11 heteroatoms. The second kappa shape index (κ2) is 11.5. The Balaban J connectivity index is 1.08. The van der Waals surface area contributed by atoms with E-state index in [2.05, 4.69) is 33.4 Å². The van der Waals surface area contributed by atoms with Crippen molar-refractivity contribution in [2.45, 2.75) is 64.0 Å². The van der Waals surface area contributed by atoms with Gasteiger partial charge in [-0.3, -0.25) is 0 Å². The summed E-state index contributed by atoms with van der Waals surface area (Å²) < 4.78 is 5.58. The lowest BCUT2D eigenvalue weighted by molar-refractivity contribution is 0.0279. The highest BCUT2D eigenvalue weighted by Crippen LogP contribution is 2.46. The number of carbonyl (C=O) groups excluding carboxylic acids is 2. The number of piperidine rings is 1. The van der Waals surface area contributed by atoms with Gasteiger partial charge in [0.2, 0.25) is 0 Å². The summed E-state index contributed by atoms with van der Waals surface area (Å²) in [6, 6.07) is 10.8. The Kier molecular flexibility index (Phi) is 7.79. The molecule has 6 rings (SSSR count). The average Bonchev–Trinajstić information content (AvgIpc) is 3.66. The van der Waals surface area contributed by atoms with Crippen LogP contribution in [0.2, 0.25) is 0 Å². The second-order valence-electron chi connectivity index (χ2n) is 13.5. The summed E-state index contributed by atoms with van der Waals surface area (Å²) >= 11 is 0. The number of nitrogens with zero attached hydrogens (tertiary/aromatic N) is 7. The number of likely N-dealkylation sites (tertiary alicyclic amines) is 1. The number of nitriles is 1. The van der Waals surface area contributed by atoms with Gasteiger partial charge in [0.15, 0.2) is 11.5 Å². The fourth-order valence-electron chi connectivity index (χ4n) is 7.15. The average molecular weight is 587 g/mol. The predicted molar refractivity (Wildman–Crippen MR) is 163 cm³/mol. The van der Waals surface area contributed by atoms with Gasteiger partial charge in [-0.2, -0.15) is 5.26 Å². The first kappa shape index (κ1) is 29.0. The van der Waals surface area contributed by atoms with Gasteiger partial charge in [0.05, 0.1) is 12.2 Å². The van der Waals surface area contributed by atoms with E-state index in [1.807, 2.05) is 49.8 Å². The molecule has 43 heavy (non-hydrogen) atoms. The van der Waals surface area contributed by atoms with Gasteiger partial charge >= 0.3 is 12.1 Å². The lowest BCUT2D eigenvalue weighted by Crippen LogP contribution is -2.49. The van der Waals surface area contributed by atoms with Crippen molar-refractivity contribution >= 4 is 29.4 Å². The van der Waals surface area contributed by atoms with Gasteiger partial charge in [-0.05, 0) is 81.9 Å². The van der Waals surface area contributed by atoms with Gasteiger partial charge in [0.25, 0.3) is 0 Å². The van der Waals surface area contributed by atoms with E-state index in [1.165, 1.54) is 5.56 Å². The number of rotatable bonds is 5. The third-order valence-electron chi connectivity index (χ3n) is 9.32. The van der Waals surface area contributed by atoms with Crippen LogP contribution in [0, 0.1) is 23.2 Å². The van der Waals surface area contributed by atoms with Crippen molar-refractivity contribution in [1.82, 2.24) is 24.7 Å². The smallest absolute Gasteiger partial charge is 0.410 e. The number of hydrogen-bond acceptors (Lipinski definition) is 8. The van der Waals surface area contributed by atoms with E-state index in [-0.39, 0.29) is 23.9 Å². The van der Waals surface area contributed by atoms with E-state index < -0.39 is 5.60 Å². The molecule has 11 nitrogen and oxygen atoms in total. The van der Waals surface area contributed by atoms with Crippen molar-refractivity contribution in [3.05, 3.63) is 41.7 Å². The maximum absolute atomic E-state index is 12.6. The van der Waals surface area contributed by atoms with Crippen LogP contribution < -0.4 is 10.2 Å². The van der Waals surface area contributed by atoms with Crippen LogP contribution in [0.1, 0.15) is 63.6 Å². The zero-order chi connectivity index (χ0) is 30.3. The number of likely N-dealkylation sites (N-methyl/N-ethyl adjacent to an activating group) is 1. The van der Waals surface area contributed by atoms with E-state index >= 15 is 0 Å². The van der Waals surface area contributed by atoms with Gasteiger partial charge in [-0.15, -0.1) is 0 Å². The van der Waals surface area contributed by atoms with Crippen molar-refractivity contribution in [2.24, 2.45) is 11.8 Å². The molecule has 0 bridgehead atoms. The van der Waals surface area contributed by atoms with Crippen LogP contribution in [0.25, 0.3) is 0 Å². The Labute approximate surface area is 253 Å². The van der Waals surface area contributed by atoms with E-state index in [1.54, 1.807) is 11.1 Å². The molecule has 0 radical (unpaired) electrons. The quantitative estimate of drug-likeness (QED) is 0.532. The van der Waals surface area contributed by atoms with Crippen LogP contribution in [0.5, 0.6) is 0 Å². The zero-order valence-corrected chi connectivity index (χ0v) is 25.6. The maximum Gasteiger partial charge on any atom is 0.410 e. The molecule has 1 aromatic carbocycles. The number of ether oxygens (including phenoxy) is 1. The van der Waals surface area contributed by atoms with Crippen LogP contribution in [0.3, 0.4) is 0 Å². The summed E-state index contributed by atoms with van der Waals surface area (Å²) in [5.74, 6) is 2.62. The molecule has 3 saturated heterocycles. The second-order valence-corrected chi connectivity index (χ2v) is 13.5. The minimum Gasteiger partial charge on any atom is -0.444 e. The van der Waals surface area contributed by atoms with E-state index in [0.717, 1.165) is 64.1 Å². The number of hydrogen-bond donors (Lipinski definition) is 1. The standard InChI is InChI=1S/C32H42N8O3/c1-32(2,3)43-31(42)39-18-23-14-22(15-24(23)19-39)21-7-9-25(10-8-21)35-29-27(16-33)34-17-28(36-29)38-11-5-6-26(20-38)40-13-12-37(4)30(40)41/h7-10,17,22-24,26H,5-6,11-15,18-20H2,1-4H3,(H,35,36)/t22?,23-,24?,26-/m1/s1. The fourth-order valence-corrected chi connectivity index (χ4v) is 7.15.